The van der Waals surface area contributed by atoms with Gasteiger partial charge in [0.1, 0.15) is 6.61 Å². The molecule has 0 unspecified atom stereocenters. The lowest BCUT2D eigenvalue weighted by atomic mass is 10.1. The van der Waals surface area contributed by atoms with Crippen LogP contribution in [-0.2, 0) is 14.3 Å². The van der Waals surface area contributed by atoms with Crippen LogP contribution in [0.4, 0.5) is 0 Å². The van der Waals surface area contributed by atoms with E-state index in [9.17, 15) is 9.59 Å². The second-order valence-corrected chi connectivity index (χ2v) is 3.96. The lowest BCUT2D eigenvalue weighted by Crippen LogP contribution is -2.07. The fourth-order valence-electron chi connectivity index (χ4n) is 1.48. The molecule has 6 nitrogen and oxygen atoms in total. The Hall–Kier alpha value is -1.14. The molecule has 0 bridgehead atoms. The third-order valence-electron chi connectivity index (χ3n) is 2.38. The average molecular weight is 264 g/mol. The molecular formula is C12H24O6. The van der Waals surface area contributed by atoms with E-state index in [1.54, 1.807) is 0 Å². The number of ether oxygens (including phenoxy) is 1. The number of carbonyl (C=O) groups is 2. The number of carboxylic acid groups (broad SMARTS) is 1. The number of aliphatic hydroxyl groups is 1. The van der Waals surface area contributed by atoms with Crippen molar-refractivity contribution in [3.63, 3.8) is 0 Å². The van der Waals surface area contributed by atoms with Crippen molar-refractivity contribution in [3.8, 4) is 0 Å². The van der Waals surface area contributed by atoms with E-state index in [4.69, 9.17) is 14.9 Å². The van der Waals surface area contributed by atoms with Crippen molar-refractivity contribution < 1.29 is 30.0 Å². The Morgan fingerprint density at radius 3 is 1.89 bits per heavy atom. The van der Waals surface area contributed by atoms with Crippen molar-refractivity contribution >= 4 is 11.9 Å². The summed E-state index contributed by atoms with van der Waals surface area (Å²) < 4.78 is 4.71. The molecule has 0 aliphatic rings. The van der Waals surface area contributed by atoms with Crippen LogP contribution >= 0.6 is 0 Å². The number of carboxylic acids is 1. The molecule has 0 aromatic rings. The minimum absolute atomic E-state index is 0. The van der Waals surface area contributed by atoms with Crippen molar-refractivity contribution in [1.29, 1.82) is 0 Å². The third-order valence-corrected chi connectivity index (χ3v) is 2.38. The Labute approximate surface area is 107 Å². The van der Waals surface area contributed by atoms with Gasteiger partial charge in [-0.1, -0.05) is 25.7 Å². The highest BCUT2D eigenvalue weighted by molar-refractivity contribution is 5.69. The number of hydrogen-bond donors (Lipinski definition) is 2. The number of aliphatic hydroxyl groups excluding tert-OH is 1. The first kappa shape index (κ1) is 19.2. The van der Waals surface area contributed by atoms with Gasteiger partial charge < -0.3 is 20.4 Å². The zero-order valence-electron chi connectivity index (χ0n) is 10.7. The van der Waals surface area contributed by atoms with E-state index in [-0.39, 0.29) is 31.1 Å². The second kappa shape index (κ2) is 13.9. The summed E-state index contributed by atoms with van der Waals surface area (Å²) in [5, 5.41) is 16.8. The standard InChI is InChI=1S/C12H22O5.H2O/c13-9-10-17-12(16)8-6-4-2-1-3-5-7-11(14)15;/h13H,1-10H2,(H,14,15);1H2. The maximum atomic E-state index is 11.0. The van der Waals surface area contributed by atoms with Crippen LogP contribution in [0.3, 0.4) is 0 Å². The summed E-state index contributed by atoms with van der Waals surface area (Å²) in [5.41, 5.74) is 0. The third kappa shape index (κ3) is 14.9. The largest absolute Gasteiger partial charge is 0.481 e. The second-order valence-electron chi connectivity index (χ2n) is 3.96. The quantitative estimate of drug-likeness (QED) is 0.425. The molecule has 0 rings (SSSR count). The van der Waals surface area contributed by atoms with Gasteiger partial charge >= 0.3 is 11.9 Å². The summed E-state index contributed by atoms with van der Waals surface area (Å²) >= 11 is 0. The van der Waals surface area contributed by atoms with Gasteiger partial charge in [-0.25, -0.2) is 0 Å². The van der Waals surface area contributed by atoms with Crippen LogP contribution in [0, 0.1) is 0 Å². The number of carbonyl (C=O) groups excluding carboxylic acids is 1. The number of aliphatic carboxylic acids is 1. The van der Waals surface area contributed by atoms with E-state index < -0.39 is 5.97 Å². The Balaban J connectivity index is 0. The molecule has 6 heteroatoms. The van der Waals surface area contributed by atoms with Crippen molar-refractivity contribution in [2.24, 2.45) is 0 Å². The highest BCUT2D eigenvalue weighted by Crippen LogP contribution is 2.08. The fraction of sp³-hybridized carbons (Fsp3) is 0.833. The summed E-state index contributed by atoms with van der Waals surface area (Å²) in [7, 11) is 0. The summed E-state index contributed by atoms with van der Waals surface area (Å²) in [6.45, 7) is -0.0522. The van der Waals surface area contributed by atoms with Crippen LogP contribution in [0.5, 0.6) is 0 Å². The molecule has 0 aliphatic carbocycles. The van der Waals surface area contributed by atoms with Gasteiger partial charge in [-0.15, -0.1) is 0 Å². The Kier molecular flexibility index (Phi) is 14.9. The minimum Gasteiger partial charge on any atom is -0.481 e. The molecule has 18 heavy (non-hydrogen) atoms. The maximum Gasteiger partial charge on any atom is 0.305 e. The summed E-state index contributed by atoms with van der Waals surface area (Å²) in [4.78, 5) is 21.2. The first-order chi connectivity index (χ1) is 8.16. The van der Waals surface area contributed by atoms with Crippen LogP contribution in [0.2, 0.25) is 0 Å². The Bertz CT molecular complexity index is 217. The SMILES string of the molecule is O.O=C(O)CCCCCCCCC(=O)OCCO. The van der Waals surface area contributed by atoms with Crippen molar-refractivity contribution in [3.05, 3.63) is 0 Å². The van der Waals surface area contributed by atoms with Crippen molar-refractivity contribution in [2.45, 2.75) is 51.4 Å². The molecule has 0 aliphatic heterocycles. The first-order valence-corrected chi connectivity index (χ1v) is 6.15. The van der Waals surface area contributed by atoms with E-state index in [1.165, 1.54) is 0 Å². The van der Waals surface area contributed by atoms with E-state index in [0.29, 0.717) is 6.42 Å². The normalized spacial score (nSPS) is 9.61. The number of esters is 1. The minimum atomic E-state index is -0.739. The fourth-order valence-corrected chi connectivity index (χ4v) is 1.48. The number of rotatable bonds is 11. The molecule has 0 aromatic carbocycles. The van der Waals surface area contributed by atoms with Crippen LogP contribution in [-0.4, -0.2) is 40.8 Å². The monoisotopic (exact) mass is 264 g/mol. The molecule has 108 valence electrons. The van der Waals surface area contributed by atoms with Crippen LogP contribution in [0.1, 0.15) is 51.4 Å². The van der Waals surface area contributed by atoms with E-state index in [0.717, 1.165) is 38.5 Å². The highest BCUT2D eigenvalue weighted by Gasteiger charge is 2.01. The summed E-state index contributed by atoms with van der Waals surface area (Å²) in [6.07, 6.45) is 6.09. The van der Waals surface area contributed by atoms with Crippen molar-refractivity contribution in [2.75, 3.05) is 13.2 Å². The predicted molar refractivity (Wildman–Crippen MR) is 66.2 cm³/mol. The number of hydrogen-bond acceptors (Lipinski definition) is 4. The lowest BCUT2D eigenvalue weighted by molar-refractivity contribution is -0.144. The zero-order chi connectivity index (χ0) is 12.9. The van der Waals surface area contributed by atoms with Gasteiger partial charge in [-0.3, -0.25) is 9.59 Å². The molecule has 0 saturated carbocycles. The van der Waals surface area contributed by atoms with Gasteiger partial charge in [0.2, 0.25) is 0 Å². The molecule has 0 heterocycles. The predicted octanol–water partition coefficient (Wildman–Crippen LogP) is 0.903. The van der Waals surface area contributed by atoms with Crippen LogP contribution in [0.25, 0.3) is 0 Å². The molecule has 0 atom stereocenters. The smallest absolute Gasteiger partial charge is 0.305 e. The van der Waals surface area contributed by atoms with Crippen LogP contribution in [0.15, 0.2) is 0 Å². The Morgan fingerprint density at radius 2 is 1.39 bits per heavy atom. The van der Waals surface area contributed by atoms with Crippen LogP contribution < -0.4 is 0 Å². The van der Waals surface area contributed by atoms with Gasteiger partial charge in [0, 0.05) is 12.8 Å². The van der Waals surface area contributed by atoms with Gasteiger partial charge in [-0.05, 0) is 12.8 Å². The van der Waals surface area contributed by atoms with Crippen molar-refractivity contribution in [1.82, 2.24) is 0 Å². The van der Waals surface area contributed by atoms with E-state index in [1.807, 2.05) is 0 Å². The molecule has 0 amide bonds. The maximum absolute atomic E-state index is 11.0. The van der Waals surface area contributed by atoms with E-state index in [2.05, 4.69) is 0 Å². The van der Waals surface area contributed by atoms with Gasteiger partial charge in [-0.2, -0.15) is 0 Å². The molecule has 0 radical (unpaired) electrons. The Morgan fingerprint density at radius 1 is 0.889 bits per heavy atom. The topological polar surface area (TPSA) is 115 Å². The van der Waals surface area contributed by atoms with Gasteiger partial charge in [0.15, 0.2) is 0 Å². The molecule has 0 spiro atoms. The molecule has 0 aromatic heterocycles. The molecular weight excluding hydrogens is 240 g/mol. The molecule has 0 fully saturated rings. The van der Waals surface area contributed by atoms with E-state index >= 15 is 0 Å². The zero-order valence-corrected chi connectivity index (χ0v) is 10.7. The molecule has 0 saturated heterocycles. The average Bonchev–Trinajstić information content (AvgIpc) is 2.29. The summed E-state index contributed by atoms with van der Waals surface area (Å²) in [6, 6.07) is 0. The molecule has 4 N–H and O–H groups in total. The highest BCUT2D eigenvalue weighted by atomic mass is 16.5. The first-order valence-electron chi connectivity index (χ1n) is 6.15. The number of unbranched alkanes of at least 4 members (excludes halogenated alkanes) is 5. The summed E-state index contributed by atoms with van der Waals surface area (Å²) in [5.74, 6) is -0.999. The van der Waals surface area contributed by atoms with Gasteiger partial charge in [0.25, 0.3) is 0 Å². The van der Waals surface area contributed by atoms with Gasteiger partial charge in [0.05, 0.1) is 6.61 Å². The lowest BCUT2D eigenvalue weighted by Gasteiger charge is -2.02.